The highest BCUT2D eigenvalue weighted by atomic mass is 19.3. The standard InChI is InChI=1S/C6H11F2N/c1-3-4-9(2)5-6(7)8/h3,6H,1,4-5H2,2H3. The smallest absolute Gasteiger partial charge is 0.251 e. The molecule has 0 radical (unpaired) electrons. The maximum absolute atomic E-state index is 11.5. The zero-order valence-electron chi connectivity index (χ0n) is 5.48. The van der Waals surface area contributed by atoms with E-state index in [0.29, 0.717) is 6.54 Å². The Bertz CT molecular complexity index is 83.1. The first-order valence-electron chi connectivity index (χ1n) is 2.74. The number of alkyl halides is 2. The fraction of sp³-hybridized carbons (Fsp3) is 0.667. The molecule has 0 heterocycles. The van der Waals surface area contributed by atoms with Gasteiger partial charge in [0.05, 0.1) is 6.54 Å². The van der Waals surface area contributed by atoms with Gasteiger partial charge in [-0.15, -0.1) is 6.58 Å². The van der Waals surface area contributed by atoms with E-state index >= 15 is 0 Å². The summed E-state index contributed by atoms with van der Waals surface area (Å²) in [5.74, 6) is 0. The van der Waals surface area contributed by atoms with Crippen LogP contribution in [0.4, 0.5) is 8.78 Å². The molecule has 0 bridgehead atoms. The predicted octanol–water partition coefficient (Wildman–Crippen LogP) is 1.37. The zero-order chi connectivity index (χ0) is 7.28. The van der Waals surface area contributed by atoms with Crippen LogP contribution in [0.2, 0.25) is 0 Å². The van der Waals surface area contributed by atoms with E-state index in [9.17, 15) is 8.78 Å². The molecule has 1 nitrogen and oxygen atoms in total. The Labute approximate surface area is 54.0 Å². The molecule has 0 aliphatic rings. The van der Waals surface area contributed by atoms with Crippen LogP contribution >= 0.6 is 0 Å². The Kier molecular flexibility index (Phi) is 4.22. The molecule has 0 aliphatic heterocycles. The summed E-state index contributed by atoms with van der Waals surface area (Å²) in [5.41, 5.74) is 0. The van der Waals surface area contributed by atoms with Gasteiger partial charge in [-0.05, 0) is 7.05 Å². The van der Waals surface area contributed by atoms with E-state index in [1.54, 1.807) is 13.1 Å². The average Bonchev–Trinajstić information content (AvgIpc) is 1.63. The average molecular weight is 135 g/mol. The lowest BCUT2D eigenvalue weighted by Gasteiger charge is -2.11. The molecule has 0 N–H and O–H groups in total. The normalized spacial score (nSPS) is 10.8. The van der Waals surface area contributed by atoms with Gasteiger partial charge in [-0.25, -0.2) is 8.78 Å². The van der Waals surface area contributed by atoms with E-state index in [1.807, 2.05) is 0 Å². The van der Waals surface area contributed by atoms with Crippen LogP contribution in [0.15, 0.2) is 12.7 Å². The lowest BCUT2D eigenvalue weighted by molar-refractivity contribution is 0.105. The Hall–Kier alpha value is -0.440. The Morgan fingerprint density at radius 2 is 2.22 bits per heavy atom. The van der Waals surface area contributed by atoms with Gasteiger partial charge in [0.25, 0.3) is 6.43 Å². The third-order valence-electron chi connectivity index (χ3n) is 0.890. The van der Waals surface area contributed by atoms with Crippen LogP contribution in [0.1, 0.15) is 0 Å². The van der Waals surface area contributed by atoms with Crippen molar-refractivity contribution in [2.45, 2.75) is 6.43 Å². The molecular weight excluding hydrogens is 124 g/mol. The summed E-state index contributed by atoms with van der Waals surface area (Å²) < 4.78 is 23.1. The van der Waals surface area contributed by atoms with Crippen molar-refractivity contribution in [2.24, 2.45) is 0 Å². The second kappa shape index (κ2) is 4.44. The first kappa shape index (κ1) is 8.56. The van der Waals surface area contributed by atoms with Crippen molar-refractivity contribution in [3.05, 3.63) is 12.7 Å². The number of halogens is 2. The summed E-state index contributed by atoms with van der Waals surface area (Å²) in [5, 5.41) is 0. The van der Waals surface area contributed by atoms with Gasteiger partial charge in [0.2, 0.25) is 0 Å². The third kappa shape index (κ3) is 5.43. The van der Waals surface area contributed by atoms with E-state index in [1.165, 1.54) is 4.90 Å². The molecule has 0 saturated carbocycles. The number of likely N-dealkylation sites (N-methyl/N-ethyl adjacent to an activating group) is 1. The minimum absolute atomic E-state index is 0.175. The van der Waals surface area contributed by atoms with E-state index < -0.39 is 6.43 Å². The Morgan fingerprint density at radius 3 is 2.56 bits per heavy atom. The van der Waals surface area contributed by atoms with Gasteiger partial charge in [0.1, 0.15) is 0 Å². The SMILES string of the molecule is C=CCN(C)CC(F)F. The molecule has 0 aromatic heterocycles. The summed E-state index contributed by atoms with van der Waals surface area (Å²) >= 11 is 0. The van der Waals surface area contributed by atoms with E-state index in [2.05, 4.69) is 6.58 Å². The summed E-state index contributed by atoms with van der Waals surface area (Å²) in [6.45, 7) is 3.76. The van der Waals surface area contributed by atoms with Crippen molar-refractivity contribution >= 4 is 0 Å². The molecule has 0 fully saturated rings. The maximum Gasteiger partial charge on any atom is 0.251 e. The van der Waals surface area contributed by atoms with Gasteiger partial charge in [-0.3, -0.25) is 4.90 Å². The molecule has 0 aromatic rings. The fourth-order valence-electron chi connectivity index (χ4n) is 0.531. The highest BCUT2D eigenvalue weighted by molar-refractivity contribution is 4.71. The molecule has 0 aliphatic carbocycles. The lowest BCUT2D eigenvalue weighted by atomic mass is 10.5. The predicted molar refractivity (Wildman–Crippen MR) is 33.7 cm³/mol. The maximum atomic E-state index is 11.5. The van der Waals surface area contributed by atoms with E-state index in [4.69, 9.17) is 0 Å². The van der Waals surface area contributed by atoms with Gasteiger partial charge >= 0.3 is 0 Å². The van der Waals surface area contributed by atoms with Crippen molar-refractivity contribution < 1.29 is 8.78 Å². The van der Waals surface area contributed by atoms with Gasteiger partial charge < -0.3 is 0 Å². The number of rotatable bonds is 4. The van der Waals surface area contributed by atoms with Gasteiger partial charge in [0.15, 0.2) is 0 Å². The highest BCUT2D eigenvalue weighted by Crippen LogP contribution is 1.94. The number of hydrogen-bond donors (Lipinski definition) is 0. The minimum Gasteiger partial charge on any atom is -0.297 e. The van der Waals surface area contributed by atoms with Crippen molar-refractivity contribution in [3.8, 4) is 0 Å². The molecule has 3 heteroatoms. The molecule has 0 unspecified atom stereocenters. The van der Waals surface area contributed by atoms with Gasteiger partial charge in [-0.2, -0.15) is 0 Å². The fourth-order valence-corrected chi connectivity index (χ4v) is 0.531. The molecule has 9 heavy (non-hydrogen) atoms. The Morgan fingerprint density at radius 1 is 1.67 bits per heavy atom. The molecule has 0 rings (SSSR count). The zero-order valence-corrected chi connectivity index (χ0v) is 5.48. The quantitative estimate of drug-likeness (QED) is 0.526. The van der Waals surface area contributed by atoms with E-state index in [-0.39, 0.29) is 6.54 Å². The van der Waals surface area contributed by atoms with E-state index in [0.717, 1.165) is 0 Å². The monoisotopic (exact) mass is 135 g/mol. The first-order valence-corrected chi connectivity index (χ1v) is 2.74. The van der Waals surface area contributed by atoms with Crippen LogP contribution in [-0.2, 0) is 0 Å². The summed E-state index contributed by atoms with van der Waals surface area (Å²) in [6, 6.07) is 0. The van der Waals surface area contributed by atoms with Crippen molar-refractivity contribution in [1.82, 2.24) is 4.90 Å². The van der Waals surface area contributed by atoms with Gasteiger partial charge in [-0.1, -0.05) is 6.08 Å². The highest BCUT2D eigenvalue weighted by Gasteiger charge is 2.04. The molecule has 0 amide bonds. The van der Waals surface area contributed by atoms with Crippen LogP contribution in [0, 0.1) is 0 Å². The number of nitrogens with zero attached hydrogens (tertiary/aromatic N) is 1. The third-order valence-corrected chi connectivity index (χ3v) is 0.890. The second-order valence-electron chi connectivity index (χ2n) is 1.90. The first-order chi connectivity index (χ1) is 4.16. The molecular formula is C6H11F2N. The van der Waals surface area contributed by atoms with Crippen molar-refractivity contribution in [3.63, 3.8) is 0 Å². The summed E-state index contributed by atoms with van der Waals surface area (Å²) in [4.78, 5) is 1.51. The Balaban J connectivity index is 3.25. The molecule has 0 atom stereocenters. The molecule has 54 valence electrons. The minimum atomic E-state index is -2.24. The topological polar surface area (TPSA) is 3.24 Å². The summed E-state index contributed by atoms with van der Waals surface area (Å²) in [7, 11) is 1.63. The van der Waals surface area contributed by atoms with Crippen LogP contribution in [0.5, 0.6) is 0 Å². The van der Waals surface area contributed by atoms with Crippen LogP contribution in [-0.4, -0.2) is 31.5 Å². The second-order valence-corrected chi connectivity index (χ2v) is 1.90. The van der Waals surface area contributed by atoms with Crippen LogP contribution < -0.4 is 0 Å². The number of hydrogen-bond acceptors (Lipinski definition) is 1. The van der Waals surface area contributed by atoms with Crippen LogP contribution in [0.3, 0.4) is 0 Å². The summed E-state index contributed by atoms with van der Waals surface area (Å²) in [6.07, 6.45) is -0.641. The van der Waals surface area contributed by atoms with Crippen LogP contribution in [0.25, 0.3) is 0 Å². The largest absolute Gasteiger partial charge is 0.297 e. The van der Waals surface area contributed by atoms with Crippen molar-refractivity contribution in [1.29, 1.82) is 0 Å². The van der Waals surface area contributed by atoms with Gasteiger partial charge in [0, 0.05) is 6.54 Å². The molecule has 0 aromatic carbocycles. The van der Waals surface area contributed by atoms with Crippen molar-refractivity contribution in [2.75, 3.05) is 20.1 Å². The molecule has 0 saturated heterocycles. The lowest BCUT2D eigenvalue weighted by Crippen LogP contribution is -2.24. The molecule has 0 spiro atoms.